The molecule has 1 aliphatic heterocycles. The zero-order chi connectivity index (χ0) is 22.4. The van der Waals surface area contributed by atoms with Gasteiger partial charge in [0.15, 0.2) is 5.78 Å². The number of aliphatic imine (C=N–C) groups is 1. The maximum absolute atomic E-state index is 13.0. The molecule has 8 heteroatoms. The van der Waals surface area contributed by atoms with Crippen LogP contribution in [0.5, 0.6) is 0 Å². The molecule has 0 aromatic heterocycles. The van der Waals surface area contributed by atoms with E-state index in [0.29, 0.717) is 29.1 Å². The molecule has 1 aliphatic rings. The van der Waals surface area contributed by atoms with Crippen molar-refractivity contribution in [2.24, 2.45) is 10.9 Å². The van der Waals surface area contributed by atoms with Gasteiger partial charge in [-0.15, -0.1) is 11.8 Å². The van der Waals surface area contributed by atoms with Crippen LogP contribution in [0, 0.1) is 11.3 Å². The van der Waals surface area contributed by atoms with Crippen LogP contribution in [0.25, 0.3) is 0 Å². The monoisotopic (exact) mass is 436 g/mol. The van der Waals surface area contributed by atoms with Gasteiger partial charge in [0.2, 0.25) is 0 Å². The molecule has 1 heterocycles. The van der Waals surface area contributed by atoms with Gasteiger partial charge in [-0.05, 0) is 37.3 Å². The van der Waals surface area contributed by atoms with Gasteiger partial charge in [-0.3, -0.25) is 24.8 Å². The number of para-hydroxylation sites is 1. The highest BCUT2D eigenvalue weighted by molar-refractivity contribution is 7.99. The van der Waals surface area contributed by atoms with Gasteiger partial charge >= 0.3 is 0 Å². The number of carbonyl (C=O) groups excluding carboxylic acids is 3. The largest absolute Gasteiger partial charge is 0.334 e. The zero-order valence-electron chi connectivity index (χ0n) is 17.3. The van der Waals surface area contributed by atoms with Crippen molar-refractivity contribution in [3.05, 3.63) is 60.2 Å². The molecule has 0 spiro atoms. The summed E-state index contributed by atoms with van der Waals surface area (Å²) < 4.78 is 0. The minimum atomic E-state index is -1.06. The Morgan fingerprint density at radius 3 is 2.52 bits per heavy atom. The van der Waals surface area contributed by atoms with Gasteiger partial charge in [-0.1, -0.05) is 36.4 Å². The number of anilines is 1. The number of Topliss-reactive ketones (excluding diaryl/α,β-unsaturated/α-hetero) is 1. The molecule has 31 heavy (non-hydrogen) atoms. The standard InChI is InChI=1S/C23H24N4O3S/c1-14(25-2)20(23(30)26-15-8-4-3-5-9-15)27-22(29)19(24)17-12-13-31-18-11-7-6-10-16(18)21(17)28/h3-11,17,20,24H,12-13H2,1-2H3,(H,26,30)(H,27,29). The van der Waals surface area contributed by atoms with Crippen LogP contribution in [0.15, 0.2) is 64.5 Å². The van der Waals surface area contributed by atoms with Crippen molar-refractivity contribution in [1.29, 1.82) is 5.41 Å². The number of benzene rings is 2. The molecular formula is C23H24N4O3S. The third kappa shape index (κ3) is 5.27. The lowest BCUT2D eigenvalue weighted by Gasteiger charge is -2.20. The second kappa shape index (κ2) is 10.2. The molecule has 0 saturated heterocycles. The molecule has 7 nitrogen and oxygen atoms in total. The Kier molecular flexibility index (Phi) is 7.36. The molecule has 0 aliphatic carbocycles. The molecule has 2 atom stereocenters. The van der Waals surface area contributed by atoms with E-state index in [1.165, 1.54) is 7.05 Å². The summed E-state index contributed by atoms with van der Waals surface area (Å²) in [5.41, 5.74) is 1.15. The van der Waals surface area contributed by atoms with Crippen molar-refractivity contribution in [3.8, 4) is 0 Å². The van der Waals surface area contributed by atoms with Gasteiger partial charge in [-0.25, -0.2) is 0 Å². The molecular weight excluding hydrogens is 412 g/mol. The SMILES string of the molecule is CN=C(C)C(NC(=O)C(=N)C1CCSc2ccccc2C1=O)C(=O)Nc1ccccc1. The summed E-state index contributed by atoms with van der Waals surface area (Å²) in [4.78, 5) is 43.5. The van der Waals surface area contributed by atoms with Crippen molar-refractivity contribution in [2.45, 2.75) is 24.3 Å². The van der Waals surface area contributed by atoms with Gasteiger partial charge in [0, 0.05) is 28.9 Å². The average molecular weight is 437 g/mol. The van der Waals surface area contributed by atoms with E-state index < -0.39 is 23.8 Å². The number of fused-ring (bicyclic) bond motifs is 1. The first-order chi connectivity index (χ1) is 14.9. The molecule has 2 aromatic carbocycles. The number of carbonyl (C=O) groups is 3. The normalized spacial score (nSPS) is 17.2. The van der Waals surface area contributed by atoms with Gasteiger partial charge in [-0.2, -0.15) is 0 Å². The van der Waals surface area contributed by atoms with E-state index in [4.69, 9.17) is 5.41 Å². The number of nitrogens with one attached hydrogen (secondary N) is 3. The highest BCUT2D eigenvalue weighted by atomic mass is 32.2. The topological polar surface area (TPSA) is 111 Å². The fraction of sp³-hybridized carbons (Fsp3) is 0.261. The fourth-order valence-electron chi connectivity index (χ4n) is 3.27. The zero-order valence-corrected chi connectivity index (χ0v) is 18.2. The first-order valence-corrected chi connectivity index (χ1v) is 10.9. The summed E-state index contributed by atoms with van der Waals surface area (Å²) in [6.07, 6.45) is 0.381. The highest BCUT2D eigenvalue weighted by Gasteiger charge is 2.34. The van der Waals surface area contributed by atoms with Crippen LogP contribution in [0.3, 0.4) is 0 Å². The first-order valence-electron chi connectivity index (χ1n) is 9.87. The van der Waals surface area contributed by atoms with Crippen LogP contribution >= 0.6 is 11.8 Å². The Hall–Kier alpha value is -3.26. The van der Waals surface area contributed by atoms with E-state index in [9.17, 15) is 14.4 Å². The summed E-state index contributed by atoms with van der Waals surface area (Å²) in [6, 6.07) is 15.0. The quantitative estimate of drug-likeness (QED) is 0.604. The van der Waals surface area contributed by atoms with Crippen molar-refractivity contribution in [3.63, 3.8) is 0 Å². The minimum absolute atomic E-state index is 0.244. The number of thioether (sulfide) groups is 1. The van der Waals surface area contributed by atoms with E-state index in [1.807, 2.05) is 18.2 Å². The molecule has 160 valence electrons. The lowest BCUT2D eigenvalue weighted by atomic mass is 9.90. The van der Waals surface area contributed by atoms with Crippen molar-refractivity contribution in [2.75, 3.05) is 18.1 Å². The molecule has 3 rings (SSSR count). The first kappa shape index (κ1) is 22.4. The average Bonchev–Trinajstić information content (AvgIpc) is 2.95. The van der Waals surface area contributed by atoms with Gasteiger partial charge in [0.1, 0.15) is 11.8 Å². The second-order valence-electron chi connectivity index (χ2n) is 7.09. The van der Waals surface area contributed by atoms with Crippen LogP contribution in [-0.2, 0) is 9.59 Å². The summed E-state index contributed by atoms with van der Waals surface area (Å²) in [6.45, 7) is 1.63. The van der Waals surface area contributed by atoms with E-state index in [0.717, 1.165) is 4.90 Å². The third-order valence-electron chi connectivity index (χ3n) is 5.08. The summed E-state index contributed by atoms with van der Waals surface area (Å²) in [5, 5.41) is 13.7. The van der Waals surface area contributed by atoms with E-state index in [-0.39, 0.29) is 11.5 Å². The summed E-state index contributed by atoms with van der Waals surface area (Å²) >= 11 is 1.54. The molecule has 3 N–H and O–H groups in total. The summed E-state index contributed by atoms with van der Waals surface area (Å²) in [5.74, 6) is -1.70. The van der Waals surface area contributed by atoms with E-state index in [2.05, 4.69) is 15.6 Å². The molecule has 0 bridgehead atoms. The van der Waals surface area contributed by atoms with E-state index >= 15 is 0 Å². The lowest BCUT2D eigenvalue weighted by Crippen LogP contribution is -2.51. The predicted octanol–water partition coefficient (Wildman–Crippen LogP) is 3.22. The Morgan fingerprint density at radius 1 is 1.13 bits per heavy atom. The smallest absolute Gasteiger partial charge is 0.266 e. The lowest BCUT2D eigenvalue weighted by molar-refractivity contribution is -0.121. The van der Waals surface area contributed by atoms with Gasteiger partial charge in [0.25, 0.3) is 11.8 Å². The molecule has 2 aromatic rings. The number of nitrogens with zero attached hydrogens (tertiary/aromatic N) is 1. The minimum Gasteiger partial charge on any atom is -0.334 e. The Bertz CT molecular complexity index is 1040. The van der Waals surface area contributed by atoms with Crippen molar-refractivity contribution < 1.29 is 14.4 Å². The highest BCUT2D eigenvalue weighted by Crippen LogP contribution is 2.31. The predicted molar refractivity (Wildman–Crippen MR) is 123 cm³/mol. The van der Waals surface area contributed by atoms with Crippen LogP contribution in [0.4, 0.5) is 5.69 Å². The number of rotatable bonds is 6. The molecule has 0 radical (unpaired) electrons. The Morgan fingerprint density at radius 2 is 1.81 bits per heavy atom. The Labute approximate surface area is 185 Å². The third-order valence-corrected chi connectivity index (χ3v) is 6.18. The van der Waals surface area contributed by atoms with Crippen LogP contribution in [-0.4, -0.2) is 47.9 Å². The summed E-state index contributed by atoms with van der Waals surface area (Å²) in [7, 11) is 1.53. The number of ketones is 1. The van der Waals surface area contributed by atoms with E-state index in [1.54, 1.807) is 55.1 Å². The van der Waals surface area contributed by atoms with Gasteiger partial charge in [0.05, 0.1) is 5.92 Å². The second-order valence-corrected chi connectivity index (χ2v) is 8.23. The molecule has 0 fully saturated rings. The van der Waals surface area contributed by atoms with Crippen LogP contribution < -0.4 is 10.6 Å². The molecule has 2 unspecified atom stereocenters. The fourth-order valence-corrected chi connectivity index (χ4v) is 4.34. The molecule has 2 amide bonds. The van der Waals surface area contributed by atoms with Crippen molar-refractivity contribution >= 4 is 46.5 Å². The molecule has 0 saturated carbocycles. The van der Waals surface area contributed by atoms with Crippen molar-refractivity contribution in [1.82, 2.24) is 5.32 Å². The Balaban J connectivity index is 1.76. The van der Waals surface area contributed by atoms with Crippen LogP contribution in [0.1, 0.15) is 23.7 Å². The maximum Gasteiger partial charge on any atom is 0.266 e. The number of hydrogen-bond acceptors (Lipinski definition) is 6. The maximum atomic E-state index is 13.0. The number of amides is 2. The van der Waals surface area contributed by atoms with Crippen LogP contribution in [0.2, 0.25) is 0 Å². The number of hydrogen-bond donors (Lipinski definition) is 3. The van der Waals surface area contributed by atoms with Gasteiger partial charge < -0.3 is 10.6 Å².